The standard InChI is InChI=1S/C26H30N4/c1-7-25(5,23(17-27)29-21-13-9-19(3)10-14-21)26(6,8-2)24(18-28)30-22-15-11-20(4)12-16-22/h9-16H,7-8H2,1-6H3. The van der Waals surface area contributed by atoms with Gasteiger partial charge < -0.3 is 0 Å². The van der Waals surface area contributed by atoms with E-state index in [-0.39, 0.29) is 0 Å². The van der Waals surface area contributed by atoms with Crippen molar-refractivity contribution in [3.8, 4) is 12.1 Å². The normalized spacial score (nSPS) is 16.1. The number of hydrogen-bond donors (Lipinski definition) is 0. The highest BCUT2D eigenvalue weighted by molar-refractivity contribution is 6.12. The van der Waals surface area contributed by atoms with E-state index in [0.717, 1.165) is 22.5 Å². The number of aryl methyl sites for hydroxylation is 2. The zero-order chi connectivity index (χ0) is 22.4. The lowest BCUT2D eigenvalue weighted by Gasteiger charge is -2.44. The lowest BCUT2D eigenvalue weighted by molar-refractivity contribution is 0.219. The van der Waals surface area contributed by atoms with Crippen molar-refractivity contribution in [2.24, 2.45) is 20.8 Å². The third kappa shape index (κ3) is 4.50. The maximum Gasteiger partial charge on any atom is 0.125 e. The van der Waals surface area contributed by atoms with E-state index in [1.807, 2.05) is 90.1 Å². The summed E-state index contributed by atoms with van der Waals surface area (Å²) in [6.07, 6.45) is 1.31. The van der Waals surface area contributed by atoms with Crippen LogP contribution in [0.25, 0.3) is 0 Å². The van der Waals surface area contributed by atoms with Crippen molar-refractivity contribution in [1.29, 1.82) is 10.5 Å². The zero-order valence-electron chi connectivity index (χ0n) is 18.8. The smallest absolute Gasteiger partial charge is 0.125 e. The molecule has 0 bridgehead atoms. The number of aliphatic imine (C=N–C) groups is 2. The average Bonchev–Trinajstić information content (AvgIpc) is 2.77. The molecule has 0 saturated heterocycles. The van der Waals surface area contributed by atoms with Crippen LogP contribution in [0.3, 0.4) is 0 Å². The van der Waals surface area contributed by atoms with Crippen molar-refractivity contribution in [3.63, 3.8) is 0 Å². The van der Waals surface area contributed by atoms with Crippen molar-refractivity contribution < 1.29 is 0 Å². The SMILES string of the molecule is CCC(C)(C(C#N)=Nc1ccc(C)cc1)C(C)(CC)C(C#N)=Nc1ccc(C)cc1. The minimum atomic E-state index is -0.652. The van der Waals surface area contributed by atoms with E-state index < -0.39 is 10.8 Å². The molecule has 0 fully saturated rings. The molecule has 4 heteroatoms. The number of rotatable bonds is 7. The lowest BCUT2D eigenvalue weighted by Crippen LogP contribution is -2.47. The van der Waals surface area contributed by atoms with Gasteiger partial charge in [-0.15, -0.1) is 0 Å². The van der Waals surface area contributed by atoms with Gasteiger partial charge in [0.2, 0.25) is 0 Å². The fourth-order valence-corrected chi connectivity index (χ4v) is 3.68. The van der Waals surface area contributed by atoms with Gasteiger partial charge in [-0.3, -0.25) is 0 Å². The van der Waals surface area contributed by atoms with E-state index in [1.54, 1.807) is 0 Å². The van der Waals surface area contributed by atoms with Crippen molar-refractivity contribution in [2.75, 3.05) is 0 Å². The molecule has 2 aromatic carbocycles. The molecule has 154 valence electrons. The lowest BCUT2D eigenvalue weighted by atomic mass is 9.58. The Morgan fingerprint density at radius 3 is 1.23 bits per heavy atom. The second kappa shape index (κ2) is 9.51. The van der Waals surface area contributed by atoms with Gasteiger partial charge in [0, 0.05) is 10.8 Å². The van der Waals surface area contributed by atoms with Gasteiger partial charge >= 0.3 is 0 Å². The Hall–Kier alpha value is -3.24. The summed E-state index contributed by atoms with van der Waals surface area (Å²) in [4.78, 5) is 9.40. The van der Waals surface area contributed by atoms with E-state index in [0.29, 0.717) is 24.3 Å². The Morgan fingerprint density at radius 1 is 0.700 bits per heavy atom. The van der Waals surface area contributed by atoms with E-state index >= 15 is 0 Å². The first-order valence-corrected chi connectivity index (χ1v) is 10.4. The summed E-state index contributed by atoms with van der Waals surface area (Å²) in [6.45, 7) is 12.2. The fourth-order valence-electron chi connectivity index (χ4n) is 3.68. The molecule has 0 aliphatic heterocycles. The summed E-state index contributed by atoms with van der Waals surface area (Å²) in [6, 6.07) is 20.2. The number of benzene rings is 2. The molecule has 0 saturated carbocycles. The Balaban J connectivity index is 2.63. The van der Waals surface area contributed by atoms with Crippen molar-refractivity contribution in [3.05, 3.63) is 59.7 Å². The highest BCUT2D eigenvalue weighted by atomic mass is 14.8. The van der Waals surface area contributed by atoms with Crippen molar-refractivity contribution >= 4 is 22.8 Å². The molecule has 0 amide bonds. The molecular formula is C26H30N4. The van der Waals surface area contributed by atoms with Gasteiger partial charge in [-0.1, -0.05) is 63.1 Å². The third-order valence-electron chi connectivity index (χ3n) is 6.44. The average molecular weight is 399 g/mol. The first-order chi connectivity index (χ1) is 14.2. The molecule has 0 aliphatic carbocycles. The first kappa shape index (κ1) is 23.0. The van der Waals surface area contributed by atoms with Gasteiger partial charge in [-0.2, -0.15) is 10.5 Å². The summed E-state index contributed by atoms with van der Waals surface area (Å²) < 4.78 is 0. The molecule has 30 heavy (non-hydrogen) atoms. The topological polar surface area (TPSA) is 72.3 Å². The van der Waals surface area contributed by atoms with E-state index in [1.165, 1.54) is 0 Å². The Labute approximate surface area is 180 Å². The van der Waals surface area contributed by atoms with Gasteiger partial charge in [0.1, 0.15) is 23.6 Å². The molecule has 0 radical (unpaired) electrons. The predicted octanol–water partition coefficient (Wildman–Crippen LogP) is 7.03. The van der Waals surface area contributed by atoms with Crippen LogP contribution in [0.5, 0.6) is 0 Å². The first-order valence-electron chi connectivity index (χ1n) is 10.4. The molecule has 2 rings (SSSR count). The number of hydrogen-bond acceptors (Lipinski definition) is 4. The van der Waals surface area contributed by atoms with Crippen LogP contribution in [-0.2, 0) is 0 Å². The summed E-state index contributed by atoms with van der Waals surface area (Å²) in [5.74, 6) is 0. The predicted molar refractivity (Wildman–Crippen MR) is 125 cm³/mol. The Bertz CT molecular complexity index is 931. The molecule has 0 aromatic heterocycles. The van der Waals surface area contributed by atoms with E-state index in [9.17, 15) is 10.5 Å². The molecule has 4 nitrogen and oxygen atoms in total. The summed E-state index contributed by atoms with van der Waals surface area (Å²) in [5, 5.41) is 20.1. The van der Waals surface area contributed by atoms with Gasteiger partial charge in [0.25, 0.3) is 0 Å². The number of nitriles is 2. The van der Waals surface area contributed by atoms with Crippen molar-refractivity contribution in [2.45, 2.75) is 54.4 Å². The van der Waals surface area contributed by atoms with Crippen LogP contribution < -0.4 is 0 Å². The second-order valence-electron chi connectivity index (χ2n) is 8.19. The minimum absolute atomic E-state index is 0.421. The Kier molecular flexibility index (Phi) is 7.30. The zero-order valence-corrected chi connectivity index (χ0v) is 18.8. The monoisotopic (exact) mass is 398 g/mol. The van der Waals surface area contributed by atoms with Gasteiger partial charge in [0.15, 0.2) is 0 Å². The number of nitrogens with zero attached hydrogens (tertiary/aromatic N) is 4. The summed E-state index contributed by atoms with van der Waals surface area (Å²) >= 11 is 0. The quantitative estimate of drug-likeness (QED) is 0.470. The maximum absolute atomic E-state index is 10.0. The van der Waals surface area contributed by atoms with Gasteiger partial charge in [-0.05, 0) is 51.0 Å². The molecular weight excluding hydrogens is 368 g/mol. The highest BCUT2D eigenvalue weighted by Crippen LogP contribution is 2.48. The molecule has 0 spiro atoms. The van der Waals surface area contributed by atoms with E-state index in [2.05, 4.69) is 12.1 Å². The largest absolute Gasteiger partial charge is 0.242 e. The molecule has 0 heterocycles. The summed E-state index contributed by atoms with van der Waals surface area (Å²) in [5.41, 5.74) is 3.30. The molecule has 2 unspecified atom stereocenters. The van der Waals surface area contributed by atoms with Crippen LogP contribution in [0, 0.1) is 47.3 Å². The molecule has 0 aliphatic rings. The van der Waals surface area contributed by atoms with E-state index in [4.69, 9.17) is 9.98 Å². The molecule has 2 atom stereocenters. The van der Waals surface area contributed by atoms with Crippen molar-refractivity contribution in [1.82, 2.24) is 0 Å². The molecule has 0 N–H and O–H groups in total. The van der Waals surface area contributed by atoms with Crippen LogP contribution in [0.1, 0.15) is 51.7 Å². The highest BCUT2D eigenvalue weighted by Gasteiger charge is 2.50. The minimum Gasteiger partial charge on any atom is -0.242 e. The fraction of sp³-hybridized carbons (Fsp3) is 0.385. The van der Waals surface area contributed by atoms with Crippen LogP contribution in [-0.4, -0.2) is 11.4 Å². The van der Waals surface area contributed by atoms with Crippen LogP contribution in [0.4, 0.5) is 11.4 Å². The van der Waals surface area contributed by atoms with Crippen LogP contribution >= 0.6 is 0 Å². The summed E-state index contributed by atoms with van der Waals surface area (Å²) in [7, 11) is 0. The Morgan fingerprint density at radius 2 is 1.00 bits per heavy atom. The second-order valence-corrected chi connectivity index (χ2v) is 8.19. The van der Waals surface area contributed by atoms with Gasteiger partial charge in [-0.25, -0.2) is 9.98 Å². The third-order valence-corrected chi connectivity index (χ3v) is 6.44. The maximum atomic E-state index is 10.0. The van der Waals surface area contributed by atoms with Gasteiger partial charge in [0.05, 0.1) is 11.4 Å². The van der Waals surface area contributed by atoms with Crippen LogP contribution in [0.2, 0.25) is 0 Å². The van der Waals surface area contributed by atoms with Crippen LogP contribution in [0.15, 0.2) is 58.5 Å². The molecule has 2 aromatic rings.